The highest BCUT2D eigenvalue weighted by atomic mass is 19.1. The minimum Gasteiger partial charge on any atom is -0.385 e. The van der Waals surface area contributed by atoms with Gasteiger partial charge < -0.3 is 5.11 Å². The van der Waals surface area contributed by atoms with Crippen LogP contribution in [0, 0.1) is 5.82 Å². The van der Waals surface area contributed by atoms with Crippen LogP contribution in [0.25, 0.3) is 0 Å². The van der Waals surface area contributed by atoms with Crippen molar-refractivity contribution in [3.63, 3.8) is 0 Å². The van der Waals surface area contributed by atoms with Gasteiger partial charge in [-0.3, -0.25) is 9.69 Å². The lowest BCUT2D eigenvalue weighted by Crippen LogP contribution is -2.44. The number of aliphatic hydroxyl groups is 1. The number of piperidine rings is 1. The van der Waals surface area contributed by atoms with Crippen molar-refractivity contribution < 1.29 is 14.3 Å². The second-order valence-corrected chi connectivity index (χ2v) is 4.99. The number of hydrogen-bond donors (Lipinski definition) is 1. The van der Waals surface area contributed by atoms with Crippen LogP contribution < -0.4 is 0 Å². The van der Waals surface area contributed by atoms with Crippen LogP contribution in [0.2, 0.25) is 0 Å². The number of ketones is 1. The van der Waals surface area contributed by atoms with Gasteiger partial charge in [0.1, 0.15) is 11.6 Å². The van der Waals surface area contributed by atoms with Crippen LogP contribution in [0.3, 0.4) is 0 Å². The van der Waals surface area contributed by atoms with E-state index in [0.29, 0.717) is 38.0 Å². The molecule has 0 amide bonds. The van der Waals surface area contributed by atoms with Gasteiger partial charge in [0, 0.05) is 18.7 Å². The summed E-state index contributed by atoms with van der Waals surface area (Å²) in [5.74, 6) is -0.244. The Morgan fingerprint density at radius 2 is 2.00 bits per heavy atom. The van der Waals surface area contributed by atoms with Crippen molar-refractivity contribution in [2.24, 2.45) is 0 Å². The summed E-state index contributed by atoms with van der Waals surface area (Å²) in [6, 6.07) is 6.36. The monoisotopic (exact) mass is 251 g/mol. The van der Waals surface area contributed by atoms with Gasteiger partial charge in [0.2, 0.25) is 0 Å². The summed E-state index contributed by atoms with van der Waals surface area (Å²) in [5, 5.41) is 10.5. The number of rotatable bonds is 3. The molecular formula is C14H18FNO2. The molecule has 1 aromatic rings. The average molecular weight is 251 g/mol. The van der Waals surface area contributed by atoms with E-state index in [1.165, 1.54) is 6.07 Å². The molecule has 0 aliphatic carbocycles. The predicted molar refractivity (Wildman–Crippen MR) is 66.7 cm³/mol. The molecule has 1 fully saturated rings. The van der Waals surface area contributed by atoms with Crippen LogP contribution in [0.1, 0.15) is 25.3 Å². The molecule has 0 aromatic heterocycles. The fraction of sp³-hybridized carbons (Fsp3) is 0.500. The minimum atomic E-state index is -1.10. The smallest absolute Gasteiger partial charge is 0.143 e. The van der Waals surface area contributed by atoms with Gasteiger partial charge in [-0.05, 0) is 25.8 Å². The van der Waals surface area contributed by atoms with E-state index in [4.69, 9.17) is 0 Å². The third-order valence-electron chi connectivity index (χ3n) is 3.50. The van der Waals surface area contributed by atoms with Crippen molar-refractivity contribution >= 4 is 5.78 Å². The maximum Gasteiger partial charge on any atom is 0.143 e. The van der Waals surface area contributed by atoms with E-state index in [2.05, 4.69) is 0 Å². The van der Waals surface area contributed by atoms with E-state index in [0.717, 1.165) is 0 Å². The zero-order chi connectivity index (χ0) is 13.2. The van der Waals surface area contributed by atoms with Crippen LogP contribution in [0.5, 0.6) is 0 Å². The topological polar surface area (TPSA) is 40.5 Å². The Hall–Kier alpha value is -1.26. The molecule has 18 heavy (non-hydrogen) atoms. The Morgan fingerprint density at radius 1 is 1.39 bits per heavy atom. The third kappa shape index (κ3) is 2.76. The maximum absolute atomic E-state index is 13.7. The Labute approximate surface area is 106 Å². The summed E-state index contributed by atoms with van der Waals surface area (Å²) in [4.78, 5) is 13.0. The van der Waals surface area contributed by atoms with Gasteiger partial charge >= 0.3 is 0 Å². The molecule has 0 unspecified atom stereocenters. The molecule has 0 spiro atoms. The minimum absolute atomic E-state index is 0.117. The van der Waals surface area contributed by atoms with Gasteiger partial charge in [0.15, 0.2) is 0 Å². The van der Waals surface area contributed by atoms with Crippen molar-refractivity contribution in [1.82, 2.24) is 4.90 Å². The first-order valence-corrected chi connectivity index (χ1v) is 6.20. The van der Waals surface area contributed by atoms with Crippen molar-refractivity contribution in [3.05, 3.63) is 35.6 Å². The summed E-state index contributed by atoms with van der Waals surface area (Å²) in [5.41, 5.74) is -0.731. The molecule has 1 aliphatic rings. The number of nitrogens with zero attached hydrogens (tertiary/aromatic N) is 1. The molecule has 0 radical (unpaired) electrons. The van der Waals surface area contributed by atoms with E-state index >= 15 is 0 Å². The zero-order valence-corrected chi connectivity index (χ0v) is 10.5. The summed E-state index contributed by atoms with van der Waals surface area (Å²) in [6.07, 6.45) is 0.919. The molecule has 3 nitrogen and oxygen atoms in total. The van der Waals surface area contributed by atoms with Gasteiger partial charge in [-0.2, -0.15) is 0 Å². The summed E-state index contributed by atoms with van der Waals surface area (Å²) in [7, 11) is 0. The predicted octanol–water partition coefficient (Wildman–Crippen LogP) is 1.70. The summed E-state index contributed by atoms with van der Waals surface area (Å²) >= 11 is 0. The van der Waals surface area contributed by atoms with E-state index in [1.54, 1.807) is 25.1 Å². The van der Waals surface area contributed by atoms with Crippen LogP contribution in [-0.2, 0) is 10.4 Å². The highest BCUT2D eigenvalue weighted by Crippen LogP contribution is 2.34. The number of hydrogen-bond acceptors (Lipinski definition) is 3. The van der Waals surface area contributed by atoms with Crippen molar-refractivity contribution in [3.8, 4) is 0 Å². The second kappa shape index (κ2) is 5.16. The molecule has 1 N–H and O–H groups in total. The van der Waals surface area contributed by atoms with Gasteiger partial charge in [-0.1, -0.05) is 18.2 Å². The van der Waals surface area contributed by atoms with E-state index in [-0.39, 0.29) is 11.6 Å². The molecule has 1 heterocycles. The zero-order valence-electron chi connectivity index (χ0n) is 10.5. The molecule has 2 rings (SSSR count). The number of carbonyl (C=O) groups excluding carboxylic acids is 1. The molecule has 4 heteroatoms. The Bertz CT molecular complexity index is 439. The lowest BCUT2D eigenvalue weighted by atomic mass is 9.84. The first kappa shape index (κ1) is 13.2. The Kier molecular flexibility index (Phi) is 3.78. The first-order valence-electron chi connectivity index (χ1n) is 6.20. The maximum atomic E-state index is 13.7. The van der Waals surface area contributed by atoms with E-state index < -0.39 is 5.60 Å². The molecule has 0 saturated carbocycles. The van der Waals surface area contributed by atoms with E-state index in [1.807, 2.05) is 4.90 Å². The molecule has 0 atom stereocenters. The fourth-order valence-electron chi connectivity index (χ4n) is 2.50. The molecule has 98 valence electrons. The Balaban J connectivity index is 2.08. The fourth-order valence-corrected chi connectivity index (χ4v) is 2.50. The number of benzene rings is 1. The van der Waals surface area contributed by atoms with Gasteiger partial charge in [0.25, 0.3) is 0 Å². The highest BCUT2D eigenvalue weighted by molar-refractivity contribution is 5.77. The second-order valence-electron chi connectivity index (χ2n) is 4.99. The summed E-state index contributed by atoms with van der Waals surface area (Å²) in [6.45, 7) is 3.19. The van der Waals surface area contributed by atoms with Crippen molar-refractivity contribution in [1.29, 1.82) is 0 Å². The van der Waals surface area contributed by atoms with Crippen molar-refractivity contribution in [2.45, 2.75) is 25.4 Å². The van der Waals surface area contributed by atoms with Gasteiger partial charge in [-0.25, -0.2) is 4.39 Å². The standard InChI is InChI=1S/C14H18FNO2/c1-11(17)10-16-8-6-14(18,7-9-16)12-4-2-3-5-13(12)15/h2-5,18H,6-10H2,1H3. The largest absolute Gasteiger partial charge is 0.385 e. The number of carbonyl (C=O) groups is 1. The van der Waals surface area contributed by atoms with Crippen molar-refractivity contribution in [2.75, 3.05) is 19.6 Å². The third-order valence-corrected chi connectivity index (χ3v) is 3.50. The van der Waals surface area contributed by atoms with Crippen LogP contribution in [0.15, 0.2) is 24.3 Å². The normalized spacial score (nSPS) is 19.7. The first-order chi connectivity index (χ1) is 8.51. The highest BCUT2D eigenvalue weighted by Gasteiger charge is 2.35. The van der Waals surface area contributed by atoms with E-state index in [9.17, 15) is 14.3 Å². The van der Waals surface area contributed by atoms with Gasteiger partial charge in [0.05, 0.1) is 12.1 Å². The number of Topliss-reactive ketones (excluding diaryl/α,β-unsaturated/α-hetero) is 1. The van der Waals surface area contributed by atoms with Gasteiger partial charge in [-0.15, -0.1) is 0 Å². The van der Waals surface area contributed by atoms with Crippen LogP contribution >= 0.6 is 0 Å². The molecule has 1 aromatic carbocycles. The summed E-state index contributed by atoms with van der Waals surface area (Å²) < 4.78 is 13.7. The molecule has 0 bridgehead atoms. The van der Waals surface area contributed by atoms with Crippen LogP contribution in [-0.4, -0.2) is 35.4 Å². The quantitative estimate of drug-likeness (QED) is 0.889. The molecule has 1 saturated heterocycles. The lowest BCUT2D eigenvalue weighted by molar-refractivity contribution is -0.119. The molecule has 1 aliphatic heterocycles. The lowest BCUT2D eigenvalue weighted by Gasteiger charge is -2.38. The number of halogens is 1. The molecular weight excluding hydrogens is 233 g/mol. The SMILES string of the molecule is CC(=O)CN1CCC(O)(c2ccccc2F)CC1. The van der Waals surface area contributed by atoms with Crippen LogP contribution in [0.4, 0.5) is 4.39 Å². The number of likely N-dealkylation sites (tertiary alicyclic amines) is 1. The average Bonchev–Trinajstić information content (AvgIpc) is 2.32. The Morgan fingerprint density at radius 3 is 2.56 bits per heavy atom.